The predicted octanol–water partition coefficient (Wildman–Crippen LogP) is 2.85. The summed E-state index contributed by atoms with van der Waals surface area (Å²) in [4.78, 5) is 25.6. The number of aryl methyl sites for hydroxylation is 1. The van der Waals surface area contributed by atoms with Gasteiger partial charge in [0.2, 0.25) is 0 Å². The highest BCUT2D eigenvalue weighted by Gasteiger charge is 2.31. The molecule has 0 radical (unpaired) electrons. The first-order chi connectivity index (χ1) is 14.9. The molecule has 162 valence electrons. The van der Waals surface area contributed by atoms with Crippen LogP contribution in [0.1, 0.15) is 33.6 Å². The Morgan fingerprint density at radius 3 is 2.87 bits per heavy atom. The molecule has 3 heterocycles. The molecule has 1 aromatic carbocycles. The molecule has 1 fully saturated rings. The first-order valence-electron chi connectivity index (χ1n) is 10.0. The molecule has 3 aromatic rings. The van der Waals surface area contributed by atoms with Crippen molar-refractivity contribution >= 4 is 5.91 Å². The van der Waals surface area contributed by atoms with Gasteiger partial charge in [0.15, 0.2) is 5.69 Å². The lowest BCUT2D eigenvalue weighted by Gasteiger charge is -2.32. The minimum absolute atomic E-state index is 0.208. The highest BCUT2D eigenvalue weighted by molar-refractivity contribution is 5.94. The van der Waals surface area contributed by atoms with Crippen LogP contribution < -0.4 is 0 Å². The predicted molar refractivity (Wildman–Crippen MR) is 111 cm³/mol. The second-order valence-corrected chi connectivity index (χ2v) is 7.72. The fourth-order valence-electron chi connectivity index (χ4n) is 3.56. The van der Waals surface area contributed by atoms with Crippen molar-refractivity contribution in [2.45, 2.75) is 19.6 Å². The quantitative estimate of drug-likeness (QED) is 0.621. The van der Waals surface area contributed by atoms with E-state index in [1.165, 1.54) is 12.3 Å². The Morgan fingerprint density at radius 2 is 2.10 bits per heavy atom. The Morgan fingerprint density at radius 1 is 1.29 bits per heavy atom. The van der Waals surface area contributed by atoms with Crippen molar-refractivity contribution in [3.63, 3.8) is 0 Å². The van der Waals surface area contributed by atoms with Gasteiger partial charge in [-0.05, 0) is 33.2 Å². The summed E-state index contributed by atoms with van der Waals surface area (Å²) in [5.74, 6) is 0.0515. The highest BCUT2D eigenvalue weighted by Crippen LogP contribution is 2.26. The third-order valence-corrected chi connectivity index (χ3v) is 5.15. The van der Waals surface area contributed by atoms with E-state index in [-0.39, 0.29) is 11.7 Å². The molecule has 1 unspecified atom stereocenters. The van der Waals surface area contributed by atoms with Gasteiger partial charge in [-0.2, -0.15) is 0 Å². The second kappa shape index (κ2) is 8.91. The summed E-state index contributed by atoms with van der Waals surface area (Å²) in [5.41, 5.74) is 2.43. The largest absolute Gasteiger partial charge is 0.368 e. The lowest BCUT2D eigenvalue weighted by atomic mass is 10.1. The van der Waals surface area contributed by atoms with E-state index in [4.69, 9.17) is 9.26 Å². The highest BCUT2D eigenvalue weighted by atomic mass is 19.1. The Balaban J connectivity index is 1.55. The van der Waals surface area contributed by atoms with E-state index < -0.39 is 6.10 Å². The van der Waals surface area contributed by atoms with E-state index in [1.807, 2.05) is 19.0 Å². The molecule has 0 bridgehead atoms. The first kappa shape index (κ1) is 21.1. The van der Waals surface area contributed by atoms with Crippen LogP contribution in [0.4, 0.5) is 4.39 Å². The van der Waals surface area contributed by atoms with Crippen molar-refractivity contribution in [3.8, 4) is 11.3 Å². The summed E-state index contributed by atoms with van der Waals surface area (Å²) >= 11 is 0. The molecule has 1 atom stereocenters. The number of benzene rings is 1. The number of carbonyl (C=O) groups excluding carboxylic acids is 1. The molecule has 9 heteroatoms. The molecule has 4 rings (SSSR count). The van der Waals surface area contributed by atoms with Gasteiger partial charge in [0.1, 0.15) is 17.7 Å². The molecule has 1 amide bonds. The van der Waals surface area contributed by atoms with Crippen LogP contribution in [0.25, 0.3) is 11.3 Å². The number of amides is 1. The van der Waals surface area contributed by atoms with Gasteiger partial charge < -0.3 is 19.1 Å². The maximum Gasteiger partial charge on any atom is 0.276 e. The number of halogens is 1. The number of morpholine rings is 1. The van der Waals surface area contributed by atoms with Gasteiger partial charge in [0.05, 0.1) is 36.9 Å². The van der Waals surface area contributed by atoms with Crippen LogP contribution in [0.5, 0.6) is 0 Å². The molecule has 0 N–H and O–H groups in total. The smallest absolute Gasteiger partial charge is 0.276 e. The second-order valence-electron chi connectivity index (χ2n) is 7.72. The first-order valence-corrected chi connectivity index (χ1v) is 10.0. The number of hydrogen-bond donors (Lipinski definition) is 0. The van der Waals surface area contributed by atoms with Crippen molar-refractivity contribution in [3.05, 3.63) is 65.2 Å². The topological polar surface area (TPSA) is 84.6 Å². The summed E-state index contributed by atoms with van der Waals surface area (Å²) in [7, 11) is 3.85. The number of aromatic nitrogens is 3. The molecule has 1 aliphatic heterocycles. The minimum atomic E-state index is -0.470. The lowest BCUT2D eigenvalue weighted by molar-refractivity contribution is -0.0251. The number of carbonyl (C=O) groups is 1. The van der Waals surface area contributed by atoms with Crippen LogP contribution in [0.3, 0.4) is 0 Å². The molecule has 31 heavy (non-hydrogen) atoms. The molecular formula is C22H24FN5O3. The Hall–Kier alpha value is -3.17. The molecular weight excluding hydrogens is 401 g/mol. The van der Waals surface area contributed by atoms with Crippen LogP contribution in [0, 0.1) is 12.7 Å². The van der Waals surface area contributed by atoms with E-state index in [0.717, 1.165) is 5.56 Å². The van der Waals surface area contributed by atoms with Gasteiger partial charge in [-0.1, -0.05) is 17.3 Å². The number of ether oxygens (including phenoxy) is 1. The van der Waals surface area contributed by atoms with Crippen LogP contribution in [-0.2, 0) is 11.3 Å². The fraction of sp³-hybridized carbons (Fsp3) is 0.364. The van der Waals surface area contributed by atoms with Crippen LogP contribution in [0.2, 0.25) is 0 Å². The Labute approximate surface area is 179 Å². The maximum atomic E-state index is 14.2. The summed E-state index contributed by atoms with van der Waals surface area (Å²) in [5, 5.41) is 4.00. The van der Waals surface area contributed by atoms with E-state index in [0.29, 0.717) is 54.6 Å². The minimum Gasteiger partial charge on any atom is -0.368 e. The molecule has 0 spiro atoms. The van der Waals surface area contributed by atoms with Crippen molar-refractivity contribution in [2.75, 3.05) is 33.8 Å². The van der Waals surface area contributed by atoms with Crippen molar-refractivity contribution < 1.29 is 18.4 Å². The Bertz CT molecular complexity index is 1080. The van der Waals surface area contributed by atoms with E-state index in [2.05, 4.69) is 15.1 Å². The number of hydrogen-bond acceptors (Lipinski definition) is 7. The van der Waals surface area contributed by atoms with Gasteiger partial charge in [-0.3, -0.25) is 9.78 Å². The van der Waals surface area contributed by atoms with Gasteiger partial charge in [0.25, 0.3) is 5.91 Å². The van der Waals surface area contributed by atoms with Crippen LogP contribution in [0.15, 0.2) is 41.2 Å². The van der Waals surface area contributed by atoms with Crippen molar-refractivity contribution in [1.29, 1.82) is 0 Å². The molecule has 1 aliphatic rings. The number of rotatable bonds is 5. The van der Waals surface area contributed by atoms with Crippen molar-refractivity contribution in [1.82, 2.24) is 24.9 Å². The normalized spacial score (nSPS) is 16.7. The maximum absolute atomic E-state index is 14.2. The summed E-state index contributed by atoms with van der Waals surface area (Å²) < 4.78 is 25.3. The third-order valence-electron chi connectivity index (χ3n) is 5.15. The summed E-state index contributed by atoms with van der Waals surface area (Å²) in [6, 6.07) is 6.40. The SMILES string of the molecule is Cc1onc(C(=O)N2CCOC(c3cncc(-c4ccccc4F)n3)C2)c1CN(C)C. The zero-order valence-electron chi connectivity index (χ0n) is 17.7. The summed E-state index contributed by atoms with van der Waals surface area (Å²) in [6.45, 7) is 3.43. The molecule has 0 saturated carbocycles. The van der Waals surface area contributed by atoms with Gasteiger partial charge in [-0.25, -0.2) is 9.37 Å². The molecule has 2 aromatic heterocycles. The lowest BCUT2D eigenvalue weighted by Crippen LogP contribution is -2.43. The van der Waals surface area contributed by atoms with Gasteiger partial charge >= 0.3 is 0 Å². The molecule has 0 aliphatic carbocycles. The van der Waals surface area contributed by atoms with Crippen LogP contribution in [-0.4, -0.2) is 64.6 Å². The zero-order valence-corrected chi connectivity index (χ0v) is 17.7. The van der Waals surface area contributed by atoms with E-state index >= 15 is 0 Å². The average molecular weight is 425 g/mol. The number of nitrogens with zero attached hydrogens (tertiary/aromatic N) is 5. The van der Waals surface area contributed by atoms with Gasteiger partial charge in [0, 0.05) is 24.2 Å². The van der Waals surface area contributed by atoms with Crippen LogP contribution >= 0.6 is 0 Å². The fourth-order valence-corrected chi connectivity index (χ4v) is 3.56. The molecule has 1 saturated heterocycles. The average Bonchev–Trinajstić information content (AvgIpc) is 3.13. The van der Waals surface area contributed by atoms with Gasteiger partial charge in [-0.15, -0.1) is 0 Å². The van der Waals surface area contributed by atoms with E-state index in [9.17, 15) is 9.18 Å². The third kappa shape index (κ3) is 4.47. The van der Waals surface area contributed by atoms with E-state index in [1.54, 1.807) is 36.2 Å². The standard InChI is InChI=1S/C22H24FN5O3/c1-14-16(12-27(2)3)21(26-31-14)22(29)28-8-9-30-20(13-28)19-11-24-10-18(25-19)15-6-4-5-7-17(15)23/h4-7,10-11,20H,8-9,12-13H2,1-3H3. The molecule has 8 nitrogen and oxygen atoms in total. The zero-order chi connectivity index (χ0) is 22.0. The Kier molecular flexibility index (Phi) is 6.06. The monoisotopic (exact) mass is 425 g/mol. The van der Waals surface area contributed by atoms with Crippen molar-refractivity contribution in [2.24, 2.45) is 0 Å². The summed E-state index contributed by atoms with van der Waals surface area (Å²) in [6.07, 6.45) is 2.63.